The van der Waals surface area contributed by atoms with E-state index in [1.165, 1.54) is 0 Å². The molecule has 4 aromatic rings. The number of halogens is 4. The molecule has 1 aliphatic heterocycles. The zero-order chi connectivity index (χ0) is 33.3. The molecular formula is C29H23ClF3N3O9S. The molecule has 0 spiro atoms. The van der Waals surface area contributed by atoms with Crippen molar-refractivity contribution < 1.29 is 40.3 Å². The van der Waals surface area contributed by atoms with Gasteiger partial charge >= 0.3 is 26.9 Å². The van der Waals surface area contributed by atoms with Gasteiger partial charge in [0, 0.05) is 16.9 Å². The van der Waals surface area contributed by atoms with E-state index in [1.807, 2.05) is 0 Å². The Morgan fingerprint density at radius 2 is 1.35 bits per heavy atom. The van der Waals surface area contributed by atoms with Gasteiger partial charge < -0.3 is 9.47 Å². The van der Waals surface area contributed by atoms with Crippen molar-refractivity contribution in [3.8, 4) is 0 Å². The summed E-state index contributed by atoms with van der Waals surface area (Å²) in [6.07, 6.45) is -4.88. The summed E-state index contributed by atoms with van der Waals surface area (Å²) in [7, 11) is -6.27. The lowest BCUT2D eigenvalue weighted by atomic mass is 9.80. The van der Waals surface area contributed by atoms with Crippen molar-refractivity contribution in [2.75, 3.05) is 6.61 Å². The molecule has 3 aromatic carbocycles. The first kappa shape index (κ1) is 33.0. The minimum atomic E-state index is -6.27. The van der Waals surface area contributed by atoms with Crippen LogP contribution < -0.4 is 11.2 Å². The highest BCUT2D eigenvalue weighted by molar-refractivity contribution is 7.87. The van der Waals surface area contributed by atoms with Gasteiger partial charge in [-0.1, -0.05) is 91.0 Å². The molecule has 4 atom stereocenters. The van der Waals surface area contributed by atoms with E-state index >= 15 is 0 Å². The first-order chi connectivity index (χ1) is 21.8. The molecule has 17 heteroatoms. The number of hydrogen-bond donors (Lipinski definition) is 0. The molecule has 0 radical (unpaired) electrons. The molecule has 0 unspecified atom stereocenters. The maximum absolute atomic E-state index is 13.5. The van der Waals surface area contributed by atoms with Crippen LogP contribution in [0.4, 0.5) is 13.2 Å². The van der Waals surface area contributed by atoms with Gasteiger partial charge in [-0.3, -0.25) is 13.5 Å². The van der Waals surface area contributed by atoms with E-state index in [9.17, 15) is 41.3 Å². The van der Waals surface area contributed by atoms with E-state index in [-0.39, 0.29) is 4.68 Å². The standard InChI is InChI=1S/C29H23ClF3N3O9S/c30-24-25(45-46(41,42)29(31,32)33)22(44-26(24)34-17-16-23(37)35(27(34)38)36(39)40)18-43-28(19-10-4-1-5-11-19,20-12-6-2-7-13-20)21-14-8-3-9-15-21/h1-17,22,24-26H,18H2/t22-,24+,25-,26-/m1/s1. The molecule has 0 N–H and O–H groups in total. The predicted octanol–water partition coefficient (Wildman–Crippen LogP) is 3.80. The Morgan fingerprint density at radius 1 is 0.870 bits per heavy atom. The predicted molar refractivity (Wildman–Crippen MR) is 156 cm³/mol. The van der Waals surface area contributed by atoms with E-state index in [4.69, 9.17) is 21.1 Å². The zero-order valence-electron chi connectivity index (χ0n) is 23.3. The third-order valence-electron chi connectivity index (χ3n) is 7.22. The molecule has 12 nitrogen and oxygen atoms in total. The molecule has 242 valence electrons. The van der Waals surface area contributed by atoms with Gasteiger partial charge in [0.25, 0.3) is 0 Å². The second-order valence-electron chi connectivity index (χ2n) is 9.95. The van der Waals surface area contributed by atoms with Gasteiger partial charge in [0.05, 0.1) is 6.61 Å². The van der Waals surface area contributed by atoms with Crippen LogP contribution in [0.1, 0.15) is 22.9 Å². The van der Waals surface area contributed by atoms with Crippen molar-refractivity contribution in [3.63, 3.8) is 0 Å². The summed E-state index contributed by atoms with van der Waals surface area (Å²) in [6, 6.07) is 26.9. The Kier molecular flexibility index (Phi) is 9.19. The van der Waals surface area contributed by atoms with Crippen molar-refractivity contribution in [1.29, 1.82) is 0 Å². The number of rotatable bonds is 10. The lowest BCUT2D eigenvalue weighted by molar-refractivity contribution is -0.549. The van der Waals surface area contributed by atoms with Crippen LogP contribution >= 0.6 is 11.6 Å². The summed E-state index contributed by atoms with van der Waals surface area (Å²) >= 11 is 6.42. The fourth-order valence-electron chi connectivity index (χ4n) is 5.17. The van der Waals surface area contributed by atoms with Crippen molar-refractivity contribution in [1.82, 2.24) is 9.24 Å². The Hall–Kier alpha value is -4.35. The van der Waals surface area contributed by atoms with Gasteiger partial charge in [-0.25, -0.2) is 14.9 Å². The zero-order valence-corrected chi connectivity index (χ0v) is 24.8. The lowest BCUT2D eigenvalue weighted by Crippen LogP contribution is -2.45. The molecule has 1 aliphatic rings. The smallest absolute Gasteiger partial charge is 0.358 e. The van der Waals surface area contributed by atoms with Crippen LogP contribution in [0.5, 0.6) is 0 Å². The van der Waals surface area contributed by atoms with Crippen molar-refractivity contribution in [2.45, 2.75) is 34.9 Å². The number of alkyl halides is 4. The summed E-state index contributed by atoms with van der Waals surface area (Å²) in [5.74, 6) is 0. The Morgan fingerprint density at radius 3 is 1.78 bits per heavy atom. The van der Waals surface area contributed by atoms with Crippen LogP contribution in [-0.4, -0.2) is 52.4 Å². The SMILES string of the molecule is O=c1ccn([C@@H]2O[C@H](COC(c3ccccc3)(c3ccccc3)c3ccccc3)[C@@H](OS(=O)(=O)C(F)(F)F)[C@@H]2Cl)c(=O)n1[N+](=O)[O-]. The maximum atomic E-state index is 13.5. The molecule has 1 saturated heterocycles. The molecular weight excluding hydrogens is 659 g/mol. The van der Waals surface area contributed by atoms with Crippen LogP contribution in [0.3, 0.4) is 0 Å². The number of nitrogens with zero attached hydrogens (tertiary/aromatic N) is 3. The number of nitro groups is 1. The molecule has 2 heterocycles. The molecule has 5 rings (SSSR count). The maximum Gasteiger partial charge on any atom is 0.523 e. The van der Waals surface area contributed by atoms with E-state index in [2.05, 4.69) is 4.18 Å². The summed E-state index contributed by atoms with van der Waals surface area (Å²) in [5.41, 5.74) is -8.43. The van der Waals surface area contributed by atoms with Crippen LogP contribution in [0.25, 0.3) is 0 Å². The number of hydrogen-bond acceptors (Lipinski definition) is 9. The monoisotopic (exact) mass is 681 g/mol. The van der Waals surface area contributed by atoms with E-state index in [1.54, 1.807) is 91.0 Å². The average Bonchev–Trinajstić information content (AvgIpc) is 3.32. The summed E-state index contributed by atoms with van der Waals surface area (Å²) < 4.78 is 81.7. The van der Waals surface area contributed by atoms with Gasteiger partial charge in [-0.2, -0.15) is 21.6 Å². The number of ether oxygens (including phenoxy) is 2. The minimum Gasteiger partial charge on any atom is -0.358 e. The highest BCUT2D eigenvalue weighted by Gasteiger charge is 2.55. The minimum absolute atomic E-state index is 0.371. The second-order valence-corrected chi connectivity index (χ2v) is 12.0. The average molecular weight is 682 g/mol. The summed E-state index contributed by atoms with van der Waals surface area (Å²) in [4.78, 5) is 36.2. The molecule has 1 fully saturated rings. The third-order valence-corrected chi connectivity index (χ3v) is 8.73. The highest BCUT2D eigenvalue weighted by Crippen LogP contribution is 2.43. The summed E-state index contributed by atoms with van der Waals surface area (Å²) in [5, 5.41) is 8.20. The molecule has 0 saturated carbocycles. The fraction of sp³-hybridized carbons (Fsp3) is 0.241. The van der Waals surface area contributed by atoms with Gasteiger partial charge in [-0.05, 0) is 16.7 Å². The fourth-order valence-corrected chi connectivity index (χ4v) is 6.27. The molecule has 0 amide bonds. The Balaban J connectivity index is 1.62. The van der Waals surface area contributed by atoms with Crippen molar-refractivity contribution in [2.24, 2.45) is 0 Å². The van der Waals surface area contributed by atoms with Gasteiger partial charge in [0.2, 0.25) is 0 Å². The molecule has 0 aliphatic carbocycles. The van der Waals surface area contributed by atoms with E-state index in [0.717, 1.165) is 6.20 Å². The molecule has 0 bridgehead atoms. The van der Waals surface area contributed by atoms with Crippen LogP contribution in [0.15, 0.2) is 113 Å². The normalized spacial score (nSPS) is 20.4. The quantitative estimate of drug-likeness (QED) is 0.0609. The van der Waals surface area contributed by atoms with Crippen LogP contribution in [0.2, 0.25) is 0 Å². The van der Waals surface area contributed by atoms with E-state index in [0.29, 0.717) is 27.3 Å². The van der Waals surface area contributed by atoms with Crippen LogP contribution in [-0.2, 0) is 29.4 Å². The van der Waals surface area contributed by atoms with Gasteiger partial charge in [0.15, 0.2) is 11.3 Å². The Bertz CT molecular complexity index is 1830. The summed E-state index contributed by atoms with van der Waals surface area (Å²) in [6.45, 7) is -0.667. The first-order valence-electron chi connectivity index (χ1n) is 13.4. The van der Waals surface area contributed by atoms with Gasteiger partial charge in [0.1, 0.15) is 23.2 Å². The van der Waals surface area contributed by atoms with E-state index < -0.39 is 67.9 Å². The first-order valence-corrected chi connectivity index (χ1v) is 15.2. The third kappa shape index (κ3) is 6.09. The Labute approximate surface area is 263 Å². The largest absolute Gasteiger partial charge is 0.523 e. The van der Waals surface area contributed by atoms with Gasteiger partial charge in [-0.15, -0.1) is 11.6 Å². The molecule has 46 heavy (non-hydrogen) atoms. The van der Waals surface area contributed by atoms with Crippen LogP contribution in [0, 0.1) is 10.1 Å². The number of aromatic nitrogens is 2. The highest BCUT2D eigenvalue weighted by atomic mass is 35.5. The second kappa shape index (κ2) is 12.8. The topological polar surface area (TPSA) is 149 Å². The van der Waals surface area contributed by atoms with Crippen molar-refractivity contribution >= 4 is 21.7 Å². The van der Waals surface area contributed by atoms with Crippen molar-refractivity contribution in [3.05, 3.63) is 151 Å². The molecule has 1 aromatic heterocycles. The lowest BCUT2D eigenvalue weighted by Gasteiger charge is -2.37. The number of benzene rings is 3.